The Kier molecular flexibility index (Phi) is 7.54. The summed E-state index contributed by atoms with van der Waals surface area (Å²) in [6.45, 7) is 5.46. The highest BCUT2D eigenvalue weighted by Gasteiger charge is 2.27. The highest BCUT2D eigenvalue weighted by molar-refractivity contribution is 7.92. The molecule has 1 aromatic heterocycles. The van der Waals surface area contributed by atoms with E-state index in [1.54, 1.807) is 18.2 Å². The van der Waals surface area contributed by atoms with Crippen LogP contribution in [0.15, 0.2) is 94.9 Å². The number of amides is 1. The highest BCUT2D eigenvalue weighted by Crippen LogP contribution is 2.24. The number of aromatic nitrogens is 1. The molecule has 0 fully saturated rings. The fourth-order valence-corrected chi connectivity index (χ4v) is 5.53. The minimum absolute atomic E-state index is 0.0132. The lowest BCUT2D eigenvalue weighted by Gasteiger charge is -2.23. The van der Waals surface area contributed by atoms with E-state index in [9.17, 15) is 17.6 Å². The van der Waals surface area contributed by atoms with E-state index in [0.29, 0.717) is 0 Å². The number of hydrogen-bond donors (Lipinski definition) is 1. The van der Waals surface area contributed by atoms with Crippen molar-refractivity contribution in [2.45, 2.75) is 25.7 Å². The maximum Gasteiger partial charge on any atom is 0.264 e. The van der Waals surface area contributed by atoms with Crippen LogP contribution in [0.2, 0.25) is 0 Å². The van der Waals surface area contributed by atoms with E-state index < -0.39 is 28.3 Å². The fourth-order valence-electron chi connectivity index (χ4n) is 4.09. The molecule has 4 aromatic rings. The molecule has 4 rings (SSSR count). The number of hydrazone groups is 1. The van der Waals surface area contributed by atoms with Gasteiger partial charge >= 0.3 is 0 Å². The monoisotopic (exact) mass is 518 g/mol. The number of para-hydroxylation sites is 1. The second-order valence-electron chi connectivity index (χ2n) is 8.54. The molecule has 7 nitrogen and oxygen atoms in total. The number of carbonyl (C=O) groups is 1. The van der Waals surface area contributed by atoms with E-state index in [2.05, 4.69) is 15.1 Å². The van der Waals surface area contributed by atoms with E-state index >= 15 is 0 Å². The molecule has 0 radical (unpaired) electrons. The topological polar surface area (TPSA) is 83.8 Å². The molecule has 0 atom stereocenters. The summed E-state index contributed by atoms with van der Waals surface area (Å²) in [5.41, 5.74) is 7.53. The van der Waals surface area contributed by atoms with Gasteiger partial charge in [-0.05, 0) is 74.9 Å². The van der Waals surface area contributed by atoms with Gasteiger partial charge in [0, 0.05) is 22.6 Å². The lowest BCUT2D eigenvalue weighted by molar-refractivity contribution is -0.119. The quantitative estimate of drug-likeness (QED) is 0.266. The minimum Gasteiger partial charge on any atom is -0.318 e. The summed E-state index contributed by atoms with van der Waals surface area (Å²) in [5, 5.41) is 4.07. The number of rotatable bonds is 8. The lowest BCUT2D eigenvalue weighted by Crippen LogP contribution is -2.39. The van der Waals surface area contributed by atoms with Crippen molar-refractivity contribution in [3.8, 4) is 5.69 Å². The summed E-state index contributed by atoms with van der Waals surface area (Å²) in [6.07, 6.45) is 1.53. The van der Waals surface area contributed by atoms with Crippen molar-refractivity contribution in [2.75, 3.05) is 10.8 Å². The number of benzene rings is 3. The molecule has 0 aliphatic carbocycles. The SMILES string of the molecule is Cc1ccccc1-n1c(C)cc(/C=N\NC(=O)CN(c2ccc(F)cc2)S(=O)(=O)c2ccccc2)c1C. The van der Waals surface area contributed by atoms with Gasteiger partial charge < -0.3 is 4.57 Å². The minimum atomic E-state index is -4.09. The Morgan fingerprint density at radius 2 is 1.62 bits per heavy atom. The van der Waals surface area contributed by atoms with Gasteiger partial charge in [-0.1, -0.05) is 36.4 Å². The van der Waals surface area contributed by atoms with Crippen molar-refractivity contribution in [2.24, 2.45) is 5.10 Å². The molecule has 1 N–H and O–H groups in total. The van der Waals surface area contributed by atoms with Crippen LogP contribution in [0.25, 0.3) is 5.69 Å². The number of halogens is 1. The summed E-state index contributed by atoms with van der Waals surface area (Å²) in [6, 6.07) is 22.7. The normalized spacial score (nSPS) is 11.6. The van der Waals surface area contributed by atoms with E-state index in [0.717, 1.165) is 44.6 Å². The van der Waals surface area contributed by atoms with Gasteiger partial charge in [-0.3, -0.25) is 9.10 Å². The third-order valence-electron chi connectivity index (χ3n) is 5.95. The van der Waals surface area contributed by atoms with Gasteiger partial charge in [-0.2, -0.15) is 5.10 Å². The Morgan fingerprint density at radius 3 is 2.30 bits per heavy atom. The molecule has 0 saturated carbocycles. The first-order chi connectivity index (χ1) is 17.7. The van der Waals surface area contributed by atoms with Crippen molar-refractivity contribution >= 4 is 27.8 Å². The molecule has 0 spiro atoms. The largest absolute Gasteiger partial charge is 0.318 e. The van der Waals surface area contributed by atoms with Gasteiger partial charge in [0.1, 0.15) is 12.4 Å². The smallest absolute Gasteiger partial charge is 0.264 e. The van der Waals surface area contributed by atoms with Crippen LogP contribution >= 0.6 is 0 Å². The Bertz CT molecular complexity index is 1550. The second kappa shape index (κ2) is 10.8. The fraction of sp³-hybridized carbons (Fsp3) is 0.143. The first-order valence-corrected chi connectivity index (χ1v) is 13.0. The van der Waals surface area contributed by atoms with Crippen LogP contribution in [-0.2, 0) is 14.8 Å². The van der Waals surface area contributed by atoms with Crippen molar-refractivity contribution in [1.82, 2.24) is 9.99 Å². The third-order valence-corrected chi connectivity index (χ3v) is 7.74. The standard InChI is InChI=1S/C28H27FN4O3S/c1-20-9-7-8-12-27(20)33-21(2)17-23(22(33)3)18-30-31-28(34)19-32(25-15-13-24(29)14-16-25)37(35,36)26-10-5-4-6-11-26/h4-18H,19H2,1-3H3,(H,31,34)/b30-18-. The van der Waals surface area contributed by atoms with Gasteiger partial charge in [0.05, 0.1) is 16.8 Å². The molecule has 1 heterocycles. The molecule has 37 heavy (non-hydrogen) atoms. The number of carbonyl (C=O) groups excluding carboxylic acids is 1. The average molecular weight is 519 g/mol. The van der Waals surface area contributed by atoms with Gasteiger partial charge in [0.2, 0.25) is 0 Å². The predicted octanol–water partition coefficient (Wildman–Crippen LogP) is 4.89. The van der Waals surface area contributed by atoms with Gasteiger partial charge in [-0.25, -0.2) is 18.2 Å². The van der Waals surface area contributed by atoms with E-state index in [4.69, 9.17) is 0 Å². The average Bonchev–Trinajstić information content (AvgIpc) is 3.16. The van der Waals surface area contributed by atoms with Crippen molar-refractivity contribution in [3.05, 3.63) is 113 Å². The Morgan fingerprint density at radius 1 is 0.973 bits per heavy atom. The Hall–Kier alpha value is -4.24. The first-order valence-electron chi connectivity index (χ1n) is 11.6. The molecule has 0 aliphatic heterocycles. The van der Waals surface area contributed by atoms with Gasteiger partial charge in [0.15, 0.2) is 0 Å². The molecule has 1 amide bonds. The molecule has 0 bridgehead atoms. The molecule has 9 heteroatoms. The summed E-state index contributed by atoms with van der Waals surface area (Å²) in [5.74, 6) is -1.16. The van der Waals surface area contributed by atoms with Crippen LogP contribution in [0.3, 0.4) is 0 Å². The Labute approximate surface area is 215 Å². The van der Waals surface area contributed by atoms with E-state index in [1.165, 1.54) is 30.5 Å². The summed E-state index contributed by atoms with van der Waals surface area (Å²) in [7, 11) is -4.09. The third kappa shape index (κ3) is 5.62. The highest BCUT2D eigenvalue weighted by atomic mass is 32.2. The van der Waals surface area contributed by atoms with Crippen molar-refractivity contribution in [3.63, 3.8) is 0 Å². The maximum absolute atomic E-state index is 13.5. The number of anilines is 1. The zero-order valence-corrected chi connectivity index (χ0v) is 21.5. The predicted molar refractivity (Wildman–Crippen MR) is 143 cm³/mol. The zero-order chi connectivity index (χ0) is 26.6. The van der Waals surface area contributed by atoms with Crippen LogP contribution in [-0.4, -0.2) is 31.7 Å². The molecular formula is C28H27FN4O3S. The summed E-state index contributed by atoms with van der Waals surface area (Å²) in [4.78, 5) is 12.8. The number of nitrogens with zero attached hydrogens (tertiary/aromatic N) is 3. The van der Waals surface area contributed by atoms with E-state index in [-0.39, 0.29) is 10.6 Å². The van der Waals surface area contributed by atoms with Crippen LogP contribution < -0.4 is 9.73 Å². The van der Waals surface area contributed by atoms with Crippen molar-refractivity contribution < 1.29 is 17.6 Å². The van der Waals surface area contributed by atoms with Crippen LogP contribution in [0.4, 0.5) is 10.1 Å². The number of sulfonamides is 1. The summed E-state index contributed by atoms with van der Waals surface area (Å²) >= 11 is 0. The lowest BCUT2D eigenvalue weighted by atomic mass is 10.2. The number of nitrogens with one attached hydrogen (secondary N) is 1. The zero-order valence-electron chi connectivity index (χ0n) is 20.7. The van der Waals surface area contributed by atoms with E-state index in [1.807, 2.05) is 51.1 Å². The summed E-state index contributed by atoms with van der Waals surface area (Å²) < 4.78 is 43.1. The first kappa shape index (κ1) is 25.8. The molecule has 0 aliphatic rings. The molecule has 0 saturated heterocycles. The molecule has 3 aromatic carbocycles. The van der Waals surface area contributed by atoms with Crippen molar-refractivity contribution in [1.29, 1.82) is 0 Å². The van der Waals surface area contributed by atoms with Crippen LogP contribution in [0.5, 0.6) is 0 Å². The van der Waals surface area contributed by atoms with Crippen LogP contribution in [0, 0.1) is 26.6 Å². The van der Waals surface area contributed by atoms with Gasteiger partial charge in [-0.15, -0.1) is 0 Å². The molecule has 190 valence electrons. The number of aryl methyl sites for hydroxylation is 2. The maximum atomic E-state index is 13.5. The van der Waals surface area contributed by atoms with Gasteiger partial charge in [0.25, 0.3) is 15.9 Å². The molecular weight excluding hydrogens is 491 g/mol. The molecule has 0 unspecified atom stereocenters. The van der Waals surface area contributed by atoms with Crippen LogP contribution in [0.1, 0.15) is 22.5 Å². The second-order valence-corrected chi connectivity index (χ2v) is 10.4. The number of hydrogen-bond acceptors (Lipinski definition) is 4. The Balaban J connectivity index is 1.55.